The molecule has 1 unspecified atom stereocenters. The number of hydrogen-bond donors (Lipinski definition) is 2. The van der Waals surface area contributed by atoms with Crippen LogP contribution >= 0.6 is 0 Å². The molecule has 1 aromatic carbocycles. The highest BCUT2D eigenvalue weighted by molar-refractivity contribution is 5.91. The van der Waals surface area contributed by atoms with Crippen molar-refractivity contribution in [2.75, 3.05) is 13.2 Å². The van der Waals surface area contributed by atoms with E-state index >= 15 is 0 Å². The molecule has 2 amide bonds. The van der Waals surface area contributed by atoms with Crippen LogP contribution in [0.25, 0.3) is 0 Å². The Morgan fingerprint density at radius 1 is 1.14 bits per heavy atom. The predicted molar refractivity (Wildman–Crippen MR) is 76.7 cm³/mol. The number of esters is 2. The lowest BCUT2D eigenvalue weighted by Gasteiger charge is -2.07. The Kier molecular flexibility index (Phi) is 5.53. The van der Waals surface area contributed by atoms with E-state index < -0.39 is 11.9 Å². The van der Waals surface area contributed by atoms with Gasteiger partial charge in [-0.1, -0.05) is 30.3 Å². The predicted octanol–water partition coefficient (Wildman–Crippen LogP) is 0.511. The van der Waals surface area contributed by atoms with Crippen LogP contribution in [0, 0.1) is 0 Å². The van der Waals surface area contributed by atoms with Gasteiger partial charge in [0, 0.05) is 18.7 Å². The largest absolute Gasteiger partial charge is 0.460 e. The zero-order chi connectivity index (χ0) is 15.8. The Balaban J connectivity index is 1.66. The van der Waals surface area contributed by atoms with Crippen LogP contribution in [-0.2, 0) is 25.7 Å². The minimum absolute atomic E-state index is 0.0426. The first-order chi connectivity index (χ1) is 10.6. The zero-order valence-corrected chi connectivity index (χ0v) is 11.8. The van der Waals surface area contributed by atoms with Crippen LogP contribution in [0.5, 0.6) is 0 Å². The van der Waals surface area contributed by atoms with E-state index in [9.17, 15) is 14.4 Å². The third-order valence-corrected chi connectivity index (χ3v) is 2.85. The molecule has 0 radical (unpaired) electrons. The lowest BCUT2D eigenvalue weighted by atomic mass is 10.2. The topological polar surface area (TPSA) is 93.7 Å². The number of ether oxygens (including phenoxy) is 2. The van der Waals surface area contributed by atoms with Crippen molar-refractivity contribution in [3.63, 3.8) is 0 Å². The molecule has 0 aliphatic carbocycles. The van der Waals surface area contributed by atoms with Crippen LogP contribution in [0.1, 0.15) is 5.56 Å². The summed E-state index contributed by atoms with van der Waals surface area (Å²) in [5, 5.41) is 5.11. The quantitative estimate of drug-likeness (QED) is 0.590. The number of carbonyl (C=O) groups is 3. The van der Waals surface area contributed by atoms with E-state index in [1.54, 1.807) is 0 Å². The van der Waals surface area contributed by atoms with Crippen molar-refractivity contribution in [3.05, 3.63) is 48.0 Å². The van der Waals surface area contributed by atoms with Crippen molar-refractivity contribution in [1.29, 1.82) is 0 Å². The summed E-state index contributed by atoms with van der Waals surface area (Å²) in [5.41, 5.74) is 0.858. The summed E-state index contributed by atoms with van der Waals surface area (Å²) in [5.74, 6) is -1.30. The standard InChI is InChI=1S/C15H16N2O5/c18-13(21-9-11-4-2-1-3-5-11)6-7-14(19)22-10-12-8-16-15(20)17-12/h1-7,12H,8-10H2,(H2,16,17,20)/b7-6+. The molecule has 1 aliphatic heterocycles. The zero-order valence-electron chi connectivity index (χ0n) is 11.8. The van der Waals surface area contributed by atoms with Gasteiger partial charge in [-0.05, 0) is 5.56 Å². The van der Waals surface area contributed by atoms with E-state index in [-0.39, 0.29) is 25.3 Å². The van der Waals surface area contributed by atoms with Crippen LogP contribution in [0.2, 0.25) is 0 Å². The van der Waals surface area contributed by atoms with Gasteiger partial charge in [-0.15, -0.1) is 0 Å². The summed E-state index contributed by atoms with van der Waals surface area (Å²) < 4.78 is 9.87. The number of rotatable bonds is 6. The molecule has 1 fully saturated rings. The fourth-order valence-corrected chi connectivity index (χ4v) is 1.75. The van der Waals surface area contributed by atoms with Crippen LogP contribution in [0.3, 0.4) is 0 Å². The highest BCUT2D eigenvalue weighted by atomic mass is 16.5. The van der Waals surface area contributed by atoms with Crippen molar-refractivity contribution >= 4 is 18.0 Å². The van der Waals surface area contributed by atoms with Gasteiger partial charge in [-0.2, -0.15) is 0 Å². The maximum atomic E-state index is 11.4. The fourth-order valence-electron chi connectivity index (χ4n) is 1.75. The Morgan fingerprint density at radius 2 is 1.82 bits per heavy atom. The van der Waals surface area contributed by atoms with Gasteiger partial charge in [-0.25, -0.2) is 14.4 Å². The summed E-state index contributed by atoms with van der Waals surface area (Å²) in [7, 11) is 0. The second-order valence-electron chi connectivity index (χ2n) is 4.61. The van der Waals surface area contributed by atoms with Crippen LogP contribution in [0.4, 0.5) is 4.79 Å². The molecule has 2 rings (SSSR count). The molecule has 116 valence electrons. The lowest BCUT2D eigenvalue weighted by molar-refractivity contribution is -0.141. The third-order valence-electron chi connectivity index (χ3n) is 2.85. The van der Waals surface area contributed by atoms with Gasteiger partial charge in [0.15, 0.2) is 0 Å². The molecule has 22 heavy (non-hydrogen) atoms. The Bertz CT molecular complexity index is 571. The molecule has 1 atom stereocenters. The molecule has 0 aromatic heterocycles. The second-order valence-corrected chi connectivity index (χ2v) is 4.61. The first-order valence-electron chi connectivity index (χ1n) is 6.73. The second kappa shape index (κ2) is 7.82. The van der Waals surface area contributed by atoms with Gasteiger partial charge in [0.05, 0.1) is 6.04 Å². The highest BCUT2D eigenvalue weighted by Gasteiger charge is 2.20. The summed E-state index contributed by atoms with van der Waals surface area (Å²) in [6.07, 6.45) is 2.01. The maximum Gasteiger partial charge on any atom is 0.331 e. The van der Waals surface area contributed by atoms with Gasteiger partial charge >= 0.3 is 18.0 Å². The minimum Gasteiger partial charge on any atom is -0.460 e. The van der Waals surface area contributed by atoms with E-state index in [0.29, 0.717) is 6.54 Å². The first-order valence-corrected chi connectivity index (χ1v) is 6.73. The van der Waals surface area contributed by atoms with Crippen LogP contribution in [0.15, 0.2) is 42.5 Å². The molecule has 7 nitrogen and oxygen atoms in total. The number of nitrogens with one attached hydrogen (secondary N) is 2. The van der Waals surface area contributed by atoms with Gasteiger partial charge < -0.3 is 20.1 Å². The van der Waals surface area contributed by atoms with E-state index in [0.717, 1.165) is 17.7 Å². The SMILES string of the molecule is O=C1NCC(COC(=O)/C=C/C(=O)OCc2ccccc2)N1. The van der Waals surface area contributed by atoms with Crippen molar-refractivity contribution in [1.82, 2.24) is 10.6 Å². The molecule has 7 heteroatoms. The van der Waals surface area contributed by atoms with Gasteiger partial charge in [0.1, 0.15) is 13.2 Å². The van der Waals surface area contributed by atoms with Gasteiger partial charge in [0.25, 0.3) is 0 Å². The van der Waals surface area contributed by atoms with E-state index in [2.05, 4.69) is 10.6 Å². The lowest BCUT2D eigenvalue weighted by Crippen LogP contribution is -2.31. The maximum absolute atomic E-state index is 11.4. The van der Waals surface area contributed by atoms with E-state index in [1.165, 1.54) is 0 Å². The van der Waals surface area contributed by atoms with Crippen molar-refractivity contribution in [2.45, 2.75) is 12.6 Å². The molecule has 0 spiro atoms. The first kappa shape index (κ1) is 15.6. The third kappa shape index (κ3) is 5.28. The Hall–Kier alpha value is -2.83. The molecule has 1 saturated heterocycles. The van der Waals surface area contributed by atoms with Crippen LogP contribution < -0.4 is 10.6 Å². The minimum atomic E-state index is -0.669. The average Bonchev–Trinajstić information content (AvgIpc) is 2.95. The van der Waals surface area contributed by atoms with Crippen molar-refractivity contribution in [3.8, 4) is 0 Å². The van der Waals surface area contributed by atoms with E-state index in [1.807, 2.05) is 30.3 Å². The summed E-state index contributed by atoms with van der Waals surface area (Å²) in [6, 6.07) is 8.66. The smallest absolute Gasteiger partial charge is 0.331 e. The summed E-state index contributed by atoms with van der Waals surface area (Å²) >= 11 is 0. The molecule has 0 bridgehead atoms. The molecule has 2 N–H and O–H groups in total. The summed E-state index contributed by atoms with van der Waals surface area (Å²) in [4.78, 5) is 33.7. The number of urea groups is 1. The number of hydrogen-bond acceptors (Lipinski definition) is 5. The molecule has 0 saturated carbocycles. The molecular formula is C15H16N2O5. The summed E-state index contributed by atoms with van der Waals surface area (Å²) in [6.45, 7) is 0.578. The van der Waals surface area contributed by atoms with Gasteiger partial charge in [-0.3, -0.25) is 0 Å². The van der Waals surface area contributed by atoms with Crippen LogP contribution in [-0.4, -0.2) is 37.2 Å². The number of carbonyl (C=O) groups excluding carboxylic acids is 3. The highest BCUT2D eigenvalue weighted by Crippen LogP contribution is 2.01. The fraction of sp³-hybridized carbons (Fsp3) is 0.267. The molecule has 1 heterocycles. The molecule has 1 aliphatic rings. The Labute approximate surface area is 127 Å². The molecule has 1 aromatic rings. The number of benzene rings is 1. The monoisotopic (exact) mass is 304 g/mol. The molecular weight excluding hydrogens is 288 g/mol. The van der Waals surface area contributed by atoms with E-state index in [4.69, 9.17) is 9.47 Å². The van der Waals surface area contributed by atoms with Crippen molar-refractivity contribution < 1.29 is 23.9 Å². The van der Waals surface area contributed by atoms with Gasteiger partial charge in [0.2, 0.25) is 0 Å². The van der Waals surface area contributed by atoms with Crippen molar-refractivity contribution in [2.24, 2.45) is 0 Å². The normalized spacial score (nSPS) is 16.9. The number of amides is 2. The average molecular weight is 304 g/mol. The Morgan fingerprint density at radius 3 is 2.45 bits per heavy atom.